The minimum absolute atomic E-state index is 0.0115. The van der Waals surface area contributed by atoms with E-state index in [1.165, 1.54) is 6.07 Å². The van der Waals surface area contributed by atoms with Crippen LogP contribution < -0.4 is 0 Å². The van der Waals surface area contributed by atoms with Crippen LogP contribution in [0.3, 0.4) is 0 Å². The highest BCUT2D eigenvalue weighted by atomic mass is 16.6. The molecule has 2 amide bonds. The molecule has 27 heavy (non-hydrogen) atoms. The van der Waals surface area contributed by atoms with Crippen LogP contribution in [-0.4, -0.2) is 40.8 Å². The van der Waals surface area contributed by atoms with Crippen LogP contribution in [0.25, 0.3) is 6.08 Å². The van der Waals surface area contributed by atoms with Gasteiger partial charge in [0.05, 0.1) is 16.1 Å². The molecule has 2 aromatic carbocycles. The minimum Gasteiger partial charge on any atom is -0.460 e. The zero-order chi connectivity index (χ0) is 19.4. The van der Waals surface area contributed by atoms with Gasteiger partial charge in [0.25, 0.3) is 17.5 Å². The molecule has 1 aliphatic rings. The van der Waals surface area contributed by atoms with Crippen molar-refractivity contribution in [2.45, 2.75) is 0 Å². The molecule has 0 aliphatic carbocycles. The number of ether oxygens (including phenoxy) is 1. The van der Waals surface area contributed by atoms with Gasteiger partial charge in [-0.05, 0) is 17.7 Å². The van der Waals surface area contributed by atoms with Gasteiger partial charge in [0.15, 0.2) is 0 Å². The monoisotopic (exact) mass is 366 g/mol. The fourth-order valence-electron chi connectivity index (χ4n) is 2.60. The summed E-state index contributed by atoms with van der Waals surface area (Å²) in [6.07, 6.45) is 3.41. The number of imide groups is 1. The number of benzene rings is 2. The molecule has 8 nitrogen and oxygen atoms in total. The molecule has 136 valence electrons. The summed E-state index contributed by atoms with van der Waals surface area (Å²) in [7, 11) is 0. The highest BCUT2D eigenvalue weighted by Crippen LogP contribution is 2.26. The predicted octanol–water partition coefficient (Wildman–Crippen LogP) is 2.45. The van der Waals surface area contributed by atoms with Crippen LogP contribution in [0.15, 0.2) is 54.6 Å². The molecule has 0 atom stereocenters. The number of fused-ring (bicyclic) bond motifs is 1. The lowest BCUT2D eigenvalue weighted by molar-refractivity contribution is -0.384. The van der Waals surface area contributed by atoms with E-state index in [0.717, 1.165) is 22.6 Å². The van der Waals surface area contributed by atoms with Crippen molar-refractivity contribution in [2.75, 3.05) is 13.2 Å². The first-order valence-electron chi connectivity index (χ1n) is 7.99. The molecule has 0 saturated carbocycles. The number of nitro benzene ring substituents is 1. The third kappa shape index (κ3) is 3.90. The Kier molecular flexibility index (Phi) is 5.07. The Bertz CT molecular complexity index is 952. The Morgan fingerprint density at radius 1 is 1.07 bits per heavy atom. The molecule has 2 aromatic rings. The fourth-order valence-corrected chi connectivity index (χ4v) is 2.60. The molecule has 1 heterocycles. The summed E-state index contributed by atoms with van der Waals surface area (Å²) >= 11 is 0. The summed E-state index contributed by atoms with van der Waals surface area (Å²) in [5.74, 6) is -2.19. The van der Waals surface area contributed by atoms with Crippen molar-refractivity contribution in [1.82, 2.24) is 4.90 Å². The van der Waals surface area contributed by atoms with Gasteiger partial charge in [-0.25, -0.2) is 0 Å². The van der Waals surface area contributed by atoms with Gasteiger partial charge in [-0.1, -0.05) is 36.4 Å². The lowest BCUT2D eigenvalue weighted by atomic mass is 10.1. The van der Waals surface area contributed by atoms with Gasteiger partial charge in [0.2, 0.25) is 0 Å². The molecule has 0 saturated heterocycles. The summed E-state index contributed by atoms with van der Waals surface area (Å²) in [5.41, 5.74) is 0.578. The second-order valence-corrected chi connectivity index (χ2v) is 5.68. The Morgan fingerprint density at radius 2 is 1.78 bits per heavy atom. The number of amides is 2. The third-order valence-corrected chi connectivity index (χ3v) is 3.90. The quantitative estimate of drug-likeness (QED) is 0.336. The lowest BCUT2D eigenvalue weighted by Gasteiger charge is -2.12. The topological polar surface area (TPSA) is 107 Å². The largest absolute Gasteiger partial charge is 0.460 e. The average Bonchev–Trinajstić information content (AvgIpc) is 2.90. The maximum Gasteiger partial charge on any atom is 0.326 e. The number of rotatable bonds is 6. The van der Waals surface area contributed by atoms with Crippen molar-refractivity contribution in [3.05, 3.63) is 81.4 Å². The summed E-state index contributed by atoms with van der Waals surface area (Å²) < 4.78 is 5.00. The van der Waals surface area contributed by atoms with Crippen molar-refractivity contribution in [1.29, 1.82) is 0 Å². The number of esters is 1. The number of non-ortho nitro benzene ring substituents is 1. The van der Waals surface area contributed by atoms with Crippen LogP contribution >= 0.6 is 0 Å². The summed E-state index contributed by atoms with van der Waals surface area (Å²) in [6.45, 7) is -0.568. The molecule has 1 aliphatic heterocycles. The van der Waals surface area contributed by atoms with Gasteiger partial charge in [-0.2, -0.15) is 0 Å². The predicted molar refractivity (Wildman–Crippen MR) is 94.9 cm³/mol. The van der Waals surface area contributed by atoms with Crippen LogP contribution in [0.5, 0.6) is 0 Å². The SMILES string of the molecule is O=C(CN1C(=O)c2ccc([N+](=O)[O-])cc2C1=O)OC/C=C/c1ccccc1. The number of hydrogen-bond acceptors (Lipinski definition) is 6. The third-order valence-electron chi connectivity index (χ3n) is 3.90. The Labute approximate surface area is 153 Å². The molecule has 0 radical (unpaired) electrons. The summed E-state index contributed by atoms with van der Waals surface area (Å²) in [5, 5.41) is 10.8. The van der Waals surface area contributed by atoms with E-state index in [1.807, 2.05) is 30.3 Å². The second-order valence-electron chi connectivity index (χ2n) is 5.68. The Balaban J connectivity index is 1.60. The van der Waals surface area contributed by atoms with Crippen molar-refractivity contribution in [3.8, 4) is 0 Å². The van der Waals surface area contributed by atoms with Crippen LogP contribution in [-0.2, 0) is 9.53 Å². The molecule has 0 N–H and O–H groups in total. The van der Waals surface area contributed by atoms with E-state index in [9.17, 15) is 24.5 Å². The number of nitro groups is 1. The molecular weight excluding hydrogens is 352 g/mol. The van der Waals surface area contributed by atoms with Crippen LogP contribution in [0.2, 0.25) is 0 Å². The molecule has 0 aromatic heterocycles. The standard InChI is InChI=1S/C19H14N2O6/c22-17(27-10-4-7-13-5-2-1-3-6-13)12-20-18(23)15-9-8-14(21(25)26)11-16(15)19(20)24/h1-9,11H,10,12H2/b7-4+. The van der Waals surface area contributed by atoms with E-state index >= 15 is 0 Å². The number of nitrogens with zero attached hydrogens (tertiary/aromatic N) is 2. The van der Waals surface area contributed by atoms with E-state index in [-0.39, 0.29) is 23.4 Å². The first kappa shape index (κ1) is 18.0. The van der Waals surface area contributed by atoms with Crippen LogP contribution in [0.4, 0.5) is 5.69 Å². The first-order valence-corrected chi connectivity index (χ1v) is 7.99. The van der Waals surface area contributed by atoms with Gasteiger partial charge in [0.1, 0.15) is 13.2 Å². The molecule has 0 fully saturated rings. The maximum atomic E-state index is 12.3. The maximum absolute atomic E-state index is 12.3. The normalized spacial score (nSPS) is 13.1. The average molecular weight is 366 g/mol. The molecular formula is C19H14N2O6. The molecule has 0 unspecified atom stereocenters. The number of carbonyl (C=O) groups excluding carboxylic acids is 3. The fraction of sp³-hybridized carbons (Fsp3) is 0.105. The Hall–Kier alpha value is -3.81. The van der Waals surface area contributed by atoms with Gasteiger partial charge in [0, 0.05) is 12.1 Å². The van der Waals surface area contributed by atoms with Gasteiger partial charge in [-0.3, -0.25) is 29.4 Å². The molecule has 3 rings (SSSR count). The van der Waals surface area contributed by atoms with E-state index in [1.54, 1.807) is 12.2 Å². The van der Waals surface area contributed by atoms with E-state index < -0.39 is 29.3 Å². The second kappa shape index (κ2) is 7.61. The van der Waals surface area contributed by atoms with Crippen LogP contribution in [0, 0.1) is 10.1 Å². The smallest absolute Gasteiger partial charge is 0.326 e. The van der Waals surface area contributed by atoms with E-state index in [2.05, 4.69) is 0 Å². The lowest BCUT2D eigenvalue weighted by Crippen LogP contribution is -2.35. The van der Waals surface area contributed by atoms with Gasteiger partial charge < -0.3 is 4.74 Å². The van der Waals surface area contributed by atoms with Gasteiger partial charge >= 0.3 is 5.97 Å². The van der Waals surface area contributed by atoms with E-state index in [4.69, 9.17) is 4.74 Å². The highest BCUT2D eigenvalue weighted by Gasteiger charge is 2.38. The summed E-state index contributed by atoms with van der Waals surface area (Å²) in [4.78, 5) is 47.3. The highest BCUT2D eigenvalue weighted by molar-refractivity contribution is 6.22. The first-order chi connectivity index (χ1) is 13.0. The summed E-state index contributed by atoms with van der Waals surface area (Å²) in [6, 6.07) is 12.8. The number of carbonyl (C=O) groups is 3. The van der Waals surface area contributed by atoms with Crippen LogP contribution in [0.1, 0.15) is 26.3 Å². The van der Waals surface area contributed by atoms with Crippen molar-refractivity contribution in [3.63, 3.8) is 0 Å². The number of hydrogen-bond donors (Lipinski definition) is 0. The molecule has 0 bridgehead atoms. The molecule has 8 heteroatoms. The Morgan fingerprint density at radius 3 is 2.48 bits per heavy atom. The zero-order valence-corrected chi connectivity index (χ0v) is 14.0. The van der Waals surface area contributed by atoms with Crippen molar-refractivity contribution >= 4 is 29.5 Å². The van der Waals surface area contributed by atoms with Crippen molar-refractivity contribution in [2.24, 2.45) is 0 Å². The minimum atomic E-state index is -0.754. The zero-order valence-electron chi connectivity index (χ0n) is 14.0. The van der Waals surface area contributed by atoms with E-state index in [0.29, 0.717) is 0 Å². The van der Waals surface area contributed by atoms with Gasteiger partial charge in [-0.15, -0.1) is 0 Å². The van der Waals surface area contributed by atoms with Crippen molar-refractivity contribution < 1.29 is 24.0 Å². The molecule has 0 spiro atoms.